The zero-order valence-electron chi connectivity index (χ0n) is 11.8. The standard InChI is InChI=1S/C14H19N5O/c1-3-12-18-11(7-15)6-13(19-12)16-8-10-4-9(2)17-14(20)5-10/h6,9-10H,3-5,8H2,1-2H3,(H,17,20)(H,16,18,19)/t9-,10+/m1/s1. The van der Waals surface area contributed by atoms with Gasteiger partial charge in [-0.15, -0.1) is 0 Å². The van der Waals surface area contributed by atoms with Crippen molar-refractivity contribution in [1.29, 1.82) is 5.26 Å². The zero-order valence-corrected chi connectivity index (χ0v) is 11.8. The van der Waals surface area contributed by atoms with E-state index < -0.39 is 0 Å². The van der Waals surface area contributed by atoms with E-state index in [4.69, 9.17) is 5.26 Å². The molecule has 1 saturated heterocycles. The third-order valence-corrected chi connectivity index (χ3v) is 3.34. The van der Waals surface area contributed by atoms with Crippen LogP contribution in [0, 0.1) is 17.2 Å². The molecule has 0 aliphatic carbocycles. The van der Waals surface area contributed by atoms with E-state index >= 15 is 0 Å². The Morgan fingerprint density at radius 1 is 1.55 bits per heavy atom. The molecule has 2 atom stereocenters. The number of amides is 1. The number of aryl methyl sites for hydroxylation is 1. The minimum atomic E-state index is 0.102. The van der Waals surface area contributed by atoms with Crippen molar-refractivity contribution >= 4 is 11.7 Å². The maximum atomic E-state index is 11.5. The fourth-order valence-corrected chi connectivity index (χ4v) is 2.45. The predicted octanol–water partition coefficient (Wildman–Crippen LogP) is 1.24. The topological polar surface area (TPSA) is 90.7 Å². The molecule has 1 aromatic heterocycles. The minimum Gasteiger partial charge on any atom is -0.370 e. The van der Waals surface area contributed by atoms with E-state index in [1.807, 2.05) is 19.9 Å². The minimum absolute atomic E-state index is 0.102. The molecule has 2 rings (SSSR count). The molecule has 0 unspecified atom stereocenters. The normalized spacial score (nSPS) is 21.9. The molecule has 2 heterocycles. The molecule has 0 spiro atoms. The van der Waals surface area contributed by atoms with E-state index in [-0.39, 0.29) is 11.9 Å². The Bertz CT molecular complexity index is 537. The average molecular weight is 273 g/mol. The van der Waals surface area contributed by atoms with Crippen LogP contribution >= 0.6 is 0 Å². The first-order chi connectivity index (χ1) is 9.60. The van der Waals surface area contributed by atoms with Crippen molar-refractivity contribution in [3.05, 3.63) is 17.6 Å². The van der Waals surface area contributed by atoms with Crippen LogP contribution in [0.25, 0.3) is 0 Å². The molecular weight excluding hydrogens is 254 g/mol. The molecule has 20 heavy (non-hydrogen) atoms. The lowest BCUT2D eigenvalue weighted by molar-refractivity contribution is -0.124. The molecule has 0 aromatic carbocycles. The van der Waals surface area contributed by atoms with E-state index in [0.717, 1.165) is 6.42 Å². The second kappa shape index (κ2) is 6.33. The number of nitrogens with one attached hydrogen (secondary N) is 2. The summed E-state index contributed by atoms with van der Waals surface area (Å²) in [5, 5.41) is 15.1. The number of hydrogen-bond acceptors (Lipinski definition) is 5. The van der Waals surface area contributed by atoms with Crippen molar-refractivity contribution in [2.45, 2.75) is 39.2 Å². The van der Waals surface area contributed by atoms with E-state index in [9.17, 15) is 4.79 Å². The monoisotopic (exact) mass is 273 g/mol. The fourth-order valence-electron chi connectivity index (χ4n) is 2.45. The van der Waals surface area contributed by atoms with Crippen LogP contribution in [0.3, 0.4) is 0 Å². The number of hydrogen-bond donors (Lipinski definition) is 2. The maximum Gasteiger partial charge on any atom is 0.220 e. The van der Waals surface area contributed by atoms with E-state index in [1.54, 1.807) is 6.07 Å². The number of carbonyl (C=O) groups is 1. The number of piperidine rings is 1. The van der Waals surface area contributed by atoms with Crippen LogP contribution in [0.5, 0.6) is 0 Å². The highest BCUT2D eigenvalue weighted by Gasteiger charge is 2.23. The molecule has 1 aromatic rings. The number of anilines is 1. The van der Waals surface area contributed by atoms with Gasteiger partial charge in [-0.3, -0.25) is 4.79 Å². The summed E-state index contributed by atoms with van der Waals surface area (Å²) in [4.78, 5) is 19.9. The van der Waals surface area contributed by atoms with Crippen molar-refractivity contribution in [2.24, 2.45) is 5.92 Å². The van der Waals surface area contributed by atoms with Gasteiger partial charge in [-0.05, 0) is 19.3 Å². The van der Waals surface area contributed by atoms with Crippen LogP contribution in [0.2, 0.25) is 0 Å². The first-order valence-corrected chi connectivity index (χ1v) is 6.92. The number of nitriles is 1. The van der Waals surface area contributed by atoms with Gasteiger partial charge in [0, 0.05) is 31.5 Å². The Kier molecular flexibility index (Phi) is 4.51. The van der Waals surface area contributed by atoms with Crippen LogP contribution in [0.4, 0.5) is 5.82 Å². The quantitative estimate of drug-likeness (QED) is 0.861. The molecular formula is C14H19N5O. The van der Waals surface area contributed by atoms with Gasteiger partial charge in [-0.1, -0.05) is 6.92 Å². The van der Waals surface area contributed by atoms with Crippen molar-refractivity contribution in [3.8, 4) is 6.07 Å². The van der Waals surface area contributed by atoms with Gasteiger partial charge < -0.3 is 10.6 Å². The fraction of sp³-hybridized carbons (Fsp3) is 0.571. The summed E-state index contributed by atoms with van der Waals surface area (Å²) in [7, 11) is 0. The van der Waals surface area contributed by atoms with E-state index in [0.29, 0.717) is 42.6 Å². The summed E-state index contributed by atoms with van der Waals surface area (Å²) in [6.45, 7) is 4.65. The Labute approximate surface area is 118 Å². The smallest absolute Gasteiger partial charge is 0.220 e. The Morgan fingerprint density at radius 2 is 2.35 bits per heavy atom. The highest BCUT2D eigenvalue weighted by molar-refractivity contribution is 5.77. The molecule has 1 aliphatic heterocycles. The lowest BCUT2D eigenvalue weighted by Crippen LogP contribution is -2.42. The summed E-state index contributed by atoms with van der Waals surface area (Å²) < 4.78 is 0. The number of carbonyl (C=O) groups excluding carboxylic acids is 1. The van der Waals surface area contributed by atoms with Crippen molar-refractivity contribution in [2.75, 3.05) is 11.9 Å². The van der Waals surface area contributed by atoms with Crippen molar-refractivity contribution in [3.63, 3.8) is 0 Å². The lowest BCUT2D eigenvalue weighted by Gasteiger charge is -2.27. The van der Waals surface area contributed by atoms with Crippen LogP contribution in [0.1, 0.15) is 38.2 Å². The summed E-state index contributed by atoms with van der Waals surface area (Å²) in [6.07, 6.45) is 2.18. The maximum absolute atomic E-state index is 11.5. The number of aromatic nitrogens is 2. The van der Waals surface area contributed by atoms with Crippen LogP contribution < -0.4 is 10.6 Å². The van der Waals surface area contributed by atoms with Gasteiger partial charge in [-0.25, -0.2) is 9.97 Å². The molecule has 1 fully saturated rings. The van der Waals surface area contributed by atoms with Gasteiger partial charge in [0.2, 0.25) is 5.91 Å². The highest BCUT2D eigenvalue weighted by atomic mass is 16.1. The molecule has 1 aliphatic rings. The van der Waals surface area contributed by atoms with Gasteiger partial charge in [0.05, 0.1) is 0 Å². The van der Waals surface area contributed by atoms with Gasteiger partial charge in [0.1, 0.15) is 23.4 Å². The molecule has 0 saturated carbocycles. The lowest BCUT2D eigenvalue weighted by atomic mass is 9.93. The van der Waals surface area contributed by atoms with Crippen LogP contribution in [0.15, 0.2) is 6.07 Å². The Hall–Kier alpha value is -2.16. The number of nitrogens with zero attached hydrogens (tertiary/aromatic N) is 3. The second-order valence-electron chi connectivity index (χ2n) is 5.18. The highest BCUT2D eigenvalue weighted by Crippen LogP contribution is 2.18. The second-order valence-corrected chi connectivity index (χ2v) is 5.18. The SMILES string of the molecule is CCc1nc(C#N)cc(NC[C@@H]2CC(=O)N[C@H](C)C2)n1. The molecule has 0 radical (unpaired) electrons. The molecule has 0 bridgehead atoms. The Morgan fingerprint density at radius 3 is 3.00 bits per heavy atom. The van der Waals surface area contributed by atoms with Gasteiger partial charge in [-0.2, -0.15) is 5.26 Å². The van der Waals surface area contributed by atoms with Crippen molar-refractivity contribution < 1.29 is 4.79 Å². The summed E-state index contributed by atoms with van der Waals surface area (Å²) in [5.74, 6) is 1.71. The average Bonchev–Trinajstić information content (AvgIpc) is 2.43. The van der Waals surface area contributed by atoms with Gasteiger partial charge in [0.25, 0.3) is 0 Å². The summed E-state index contributed by atoms with van der Waals surface area (Å²) >= 11 is 0. The molecule has 2 N–H and O–H groups in total. The number of rotatable bonds is 4. The first-order valence-electron chi connectivity index (χ1n) is 6.92. The molecule has 6 nitrogen and oxygen atoms in total. The van der Waals surface area contributed by atoms with E-state index in [1.165, 1.54) is 0 Å². The zero-order chi connectivity index (χ0) is 14.5. The van der Waals surface area contributed by atoms with Crippen LogP contribution in [-0.2, 0) is 11.2 Å². The summed E-state index contributed by atoms with van der Waals surface area (Å²) in [5.41, 5.74) is 0.370. The predicted molar refractivity (Wildman–Crippen MR) is 74.9 cm³/mol. The third kappa shape index (κ3) is 3.67. The third-order valence-electron chi connectivity index (χ3n) is 3.34. The largest absolute Gasteiger partial charge is 0.370 e. The summed E-state index contributed by atoms with van der Waals surface area (Å²) in [6, 6.07) is 3.90. The van der Waals surface area contributed by atoms with Gasteiger partial charge >= 0.3 is 0 Å². The molecule has 6 heteroatoms. The van der Waals surface area contributed by atoms with Crippen LogP contribution in [-0.4, -0.2) is 28.5 Å². The van der Waals surface area contributed by atoms with Crippen molar-refractivity contribution in [1.82, 2.24) is 15.3 Å². The Balaban J connectivity index is 2.00. The first kappa shape index (κ1) is 14.3. The molecule has 1 amide bonds. The molecule has 106 valence electrons. The van der Waals surface area contributed by atoms with Gasteiger partial charge in [0.15, 0.2) is 0 Å². The van der Waals surface area contributed by atoms with E-state index in [2.05, 4.69) is 20.6 Å².